The molecular weight excluding hydrogens is 242 g/mol. The number of aromatic nitrogens is 2. The second kappa shape index (κ2) is 4.40. The monoisotopic (exact) mass is 259 g/mol. The fourth-order valence-corrected chi connectivity index (χ4v) is 3.55. The van der Waals surface area contributed by atoms with Crippen LogP contribution in [-0.2, 0) is 14.8 Å². The molecule has 7 heteroatoms. The van der Waals surface area contributed by atoms with Gasteiger partial charge < -0.3 is 9.72 Å². The van der Waals surface area contributed by atoms with E-state index in [-0.39, 0.29) is 17.2 Å². The largest absolute Gasteiger partial charge is 0.373 e. The maximum atomic E-state index is 12.3. The van der Waals surface area contributed by atoms with E-state index in [1.54, 1.807) is 6.92 Å². The summed E-state index contributed by atoms with van der Waals surface area (Å²) in [7, 11) is -3.47. The van der Waals surface area contributed by atoms with E-state index in [1.165, 1.54) is 10.5 Å². The first-order chi connectivity index (χ1) is 7.89. The first kappa shape index (κ1) is 12.5. The lowest BCUT2D eigenvalue weighted by Crippen LogP contribution is -2.48. The van der Waals surface area contributed by atoms with Gasteiger partial charge in [0.2, 0.25) is 0 Å². The minimum absolute atomic E-state index is 0.0856. The fourth-order valence-electron chi connectivity index (χ4n) is 2.00. The van der Waals surface area contributed by atoms with Gasteiger partial charge in [-0.05, 0) is 20.8 Å². The predicted molar refractivity (Wildman–Crippen MR) is 62.1 cm³/mol. The highest BCUT2D eigenvalue weighted by atomic mass is 32.2. The van der Waals surface area contributed by atoms with Crippen LogP contribution in [0.15, 0.2) is 11.2 Å². The zero-order valence-corrected chi connectivity index (χ0v) is 11.0. The molecule has 6 nitrogen and oxygen atoms in total. The molecule has 0 aromatic carbocycles. The van der Waals surface area contributed by atoms with Gasteiger partial charge in [0, 0.05) is 13.1 Å². The van der Waals surface area contributed by atoms with Crippen LogP contribution >= 0.6 is 0 Å². The van der Waals surface area contributed by atoms with Crippen LogP contribution in [-0.4, -0.2) is 48.0 Å². The number of nitrogens with one attached hydrogen (secondary N) is 1. The van der Waals surface area contributed by atoms with Crippen molar-refractivity contribution in [1.82, 2.24) is 14.3 Å². The highest BCUT2D eigenvalue weighted by Gasteiger charge is 2.33. The van der Waals surface area contributed by atoms with Crippen molar-refractivity contribution in [2.75, 3.05) is 13.1 Å². The normalized spacial score (nSPS) is 27.2. The second-order valence-corrected chi connectivity index (χ2v) is 6.32. The Balaban J connectivity index is 2.26. The number of rotatable bonds is 2. The van der Waals surface area contributed by atoms with Crippen LogP contribution in [0.5, 0.6) is 0 Å². The van der Waals surface area contributed by atoms with Gasteiger partial charge >= 0.3 is 0 Å². The molecule has 0 spiro atoms. The Morgan fingerprint density at radius 1 is 1.41 bits per heavy atom. The summed E-state index contributed by atoms with van der Waals surface area (Å²) in [5.41, 5.74) is 0. The van der Waals surface area contributed by atoms with Crippen LogP contribution in [0.3, 0.4) is 0 Å². The van der Waals surface area contributed by atoms with Gasteiger partial charge in [-0.25, -0.2) is 13.4 Å². The molecule has 1 N–H and O–H groups in total. The Morgan fingerprint density at radius 2 is 2.00 bits per heavy atom. The van der Waals surface area contributed by atoms with E-state index in [9.17, 15) is 8.42 Å². The summed E-state index contributed by atoms with van der Waals surface area (Å²) in [5.74, 6) is 0.595. The zero-order valence-electron chi connectivity index (χ0n) is 10.2. The maximum Gasteiger partial charge on any atom is 0.260 e. The molecule has 0 saturated carbocycles. The molecule has 1 aromatic rings. The van der Waals surface area contributed by atoms with Crippen molar-refractivity contribution in [3.63, 3.8) is 0 Å². The van der Waals surface area contributed by atoms with Crippen LogP contribution in [0.25, 0.3) is 0 Å². The van der Waals surface area contributed by atoms with Crippen molar-refractivity contribution < 1.29 is 13.2 Å². The molecule has 1 saturated heterocycles. The van der Waals surface area contributed by atoms with Crippen LogP contribution in [0, 0.1) is 6.92 Å². The van der Waals surface area contributed by atoms with E-state index < -0.39 is 10.0 Å². The number of hydrogen-bond acceptors (Lipinski definition) is 4. The number of ether oxygens (including phenoxy) is 1. The van der Waals surface area contributed by atoms with Crippen LogP contribution in [0.4, 0.5) is 0 Å². The maximum absolute atomic E-state index is 12.3. The molecule has 1 aromatic heterocycles. The number of aromatic amines is 1. The number of imidazole rings is 1. The van der Waals surface area contributed by atoms with Crippen molar-refractivity contribution >= 4 is 10.0 Å². The molecular formula is C10H17N3O3S. The minimum atomic E-state index is -3.47. The SMILES string of the molecule is Cc1ncc(S(=O)(=O)N2CC(C)OC(C)C2)[nH]1. The lowest BCUT2D eigenvalue weighted by atomic mass is 10.3. The summed E-state index contributed by atoms with van der Waals surface area (Å²) in [6, 6.07) is 0. The van der Waals surface area contributed by atoms with Crippen LogP contribution in [0.1, 0.15) is 19.7 Å². The number of H-pyrrole nitrogens is 1. The summed E-state index contributed by atoms with van der Waals surface area (Å²) in [6.45, 7) is 6.23. The standard InChI is InChI=1S/C10H17N3O3S/c1-7-5-13(6-8(2)16-7)17(14,15)10-4-11-9(3)12-10/h4,7-8H,5-6H2,1-3H3,(H,11,12). The molecule has 17 heavy (non-hydrogen) atoms. The van der Waals surface area contributed by atoms with Gasteiger partial charge in [-0.15, -0.1) is 0 Å². The van der Waals surface area contributed by atoms with E-state index in [2.05, 4.69) is 9.97 Å². The molecule has 0 radical (unpaired) electrons. The first-order valence-corrected chi connectivity index (χ1v) is 7.01. The lowest BCUT2D eigenvalue weighted by Gasteiger charge is -2.33. The molecule has 2 unspecified atom stereocenters. The van der Waals surface area contributed by atoms with Gasteiger partial charge in [-0.3, -0.25) is 0 Å². The second-order valence-electron chi connectivity index (χ2n) is 4.41. The van der Waals surface area contributed by atoms with E-state index >= 15 is 0 Å². The van der Waals surface area contributed by atoms with E-state index in [0.717, 1.165) is 0 Å². The first-order valence-electron chi connectivity index (χ1n) is 5.57. The number of sulfonamides is 1. The Kier molecular flexibility index (Phi) is 3.24. The van der Waals surface area contributed by atoms with E-state index in [1.807, 2.05) is 13.8 Å². The highest BCUT2D eigenvalue weighted by molar-refractivity contribution is 7.89. The molecule has 1 aliphatic heterocycles. The van der Waals surface area contributed by atoms with Crippen LogP contribution in [0.2, 0.25) is 0 Å². The average Bonchev–Trinajstić information content (AvgIpc) is 2.64. The summed E-state index contributed by atoms with van der Waals surface area (Å²) < 4.78 is 31.5. The van der Waals surface area contributed by atoms with E-state index in [4.69, 9.17) is 4.74 Å². The van der Waals surface area contributed by atoms with Crippen molar-refractivity contribution in [1.29, 1.82) is 0 Å². The number of nitrogens with zero attached hydrogens (tertiary/aromatic N) is 2. The van der Waals surface area contributed by atoms with Crippen molar-refractivity contribution in [3.8, 4) is 0 Å². The zero-order chi connectivity index (χ0) is 12.6. The van der Waals surface area contributed by atoms with Crippen LogP contribution < -0.4 is 0 Å². The van der Waals surface area contributed by atoms with Gasteiger partial charge in [0.25, 0.3) is 10.0 Å². The lowest BCUT2D eigenvalue weighted by molar-refractivity contribution is -0.0441. The summed E-state index contributed by atoms with van der Waals surface area (Å²) in [4.78, 5) is 6.68. The Bertz CT molecular complexity index is 487. The van der Waals surface area contributed by atoms with Gasteiger partial charge in [0.1, 0.15) is 5.82 Å². The Hall–Kier alpha value is -0.920. The molecule has 0 amide bonds. The summed E-state index contributed by atoms with van der Waals surface area (Å²) in [5, 5.41) is 0.149. The topological polar surface area (TPSA) is 75.3 Å². The smallest absolute Gasteiger partial charge is 0.260 e. The van der Waals surface area contributed by atoms with E-state index in [0.29, 0.717) is 18.9 Å². The Morgan fingerprint density at radius 3 is 2.47 bits per heavy atom. The average molecular weight is 259 g/mol. The third-order valence-corrected chi connectivity index (χ3v) is 4.42. The molecule has 1 aliphatic rings. The molecule has 96 valence electrons. The number of aryl methyl sites for hydroxylation is 1. The number of hydrogen-bond donors (Lipinski definition) is 1. The Labute approximate surface area is 101 Å². The van der Waals surface area contributed by atoms with Crippen molar-refractivity contribution in [3.05, 3.63) is 12.0 Å². The summed E-state index contributed by atoms with van der Waals surface area (Å²) >= 11 is 0. The quantitative estimate of drug-likeness (QED) is 0.840. The summed E-state index contributed by atoms with van der Waals surface area (Å²) in [6.07, 6.45) is 1.19. The molecule has 1 fully saturated rings. The third kappa shape index (κ3) is 2.51. The minimum Gasteiger partial charge on any atom is -0.373 e. The molecule has 0 bridgehead atoms. The predicted octanol–water partition coefficient (Wildman–Crippen LogP) is 0.516. The van der Waals surface area contributed by atoms with Gasteiger partial charge in [0.15, 0.2) is 5.03 Å². The third-order valence-electron chi connectivity index (χ3n) is 2.68. The van der Waals surface area contributed by atoms with Gasteiger partial charge in [-0.1, -0.05) is 0 Å². The van der Waals surface area contributed by atoms with Crippen molar-refractivity contribution in [2.24, 2.45) is 0 Å². The molecule has 2 atom stereocenters. The highest BCUT2D eigenvalue weighted by Crippen LogP contribution is 2.19. The molecule has 2 heterocycles. The molecule has 0 aliphatic carbocycles. The van der Waals surface area contributed by atoms with Gasteiger partial charge in [0.05, 0.1) is 18.4 Å². The van der Waals surface area contributed by atoms with Crippen molar-refractivity contribution in [2.45, 2.75) is 38.0 Å². The fraction of sp³-hybridized carbons (Fsp3) is 0.700. The van der Waals surface area contributed by atoms with Gasteiger partial charge in [-0.2, -0.15) is 4.31 Å². The number of morpholine rings is 1. The molecule has 2 rings (SSSR count).